The van der Waals surface area contributed by atoms with Crippen molar-refractivity contribution in [3.8, 4) is 11.5 Å². The molecule has 0 bridgehead atoms. The van der Waals surface area contributed by atoms with Crippen molar-refractivity contribution < 1.29 is 13.6 Å². The van der Waals surface area contributed by atoms with Gasteiger partial charge < -0.3 is 9.73 Å². The molecule has 2 heterocycles. The minimum absolute atomic E-state index is 0.100. The highest BCUT2D eigenvalue weighted by Gasteiger charge is 2.23. The van der Waals surface area contributed by atoms with Gasteiger partial charge in [0.15, 0.2) is 0 Å². The summed E-state index contributed by atoms with van der Waals surface area (Å²) in [6.45, 7) is 7.10. The maximum absolute atomic E-state index is 13.1. The van der Waals surface area contributed by atoms with Crippen LogP contribution in [0.3, 0.4) is 0 Å². The summed E-state index contributed by atoms with van der Waals surface area (Å²) in [5, 5.41) is 7.70. The Balaban J connectivity index is 1.70. The Bertz CT molecular complexity index is 1120. The number of carbonyl (C=O) groups is 1. The van der Waals surface area contributed by atoms with Crippen LogP contribution in [0.2, 0.25) is 0 Å². The van der Waals surface area contributed by atoms with E-state index in [-0.39, 0.29) is 24.2 Å². The van der Waals surface area contributed by atoms with Crippen LogP contribution in [0.4, 0.5) is 4.39 Å². The number of rotatable bonds is 9. The number of benzene rings is 1. The third kappa shape index (κ3) is 6.14. The SMILES string of the molecule is C=CCSc1ncccc1-c1nn(CC(=O)NC(C)(C)Cc2ccc(F)cc2)c(=O)o1. The molecular weight excluding hydrogens is 419 g/mol. The zero-order valence-electron chi connectivity index (χ0n) is 17.3. The van der Waals surface area contributed by atoms with E-state index in [4.69, 9.17) is 4.42 Å². The first-order valence-electron chi connectivity index (χ1n) is 9.60. The van der Waals surface area contributed by atoms with Gasteiger partial charge in [0, 0.05) is 17.5 Å². The molecule has 1 amide bonds. The quantitative estimate of drug-likeness (QED) is 0.403. The van der Waals surface area contributed by atoms with E-state index in [0.29, 0.717) is 22.8 Å². The second-order valence-corrected chi connectivity index (χ2v) is 8.53. The maximum atomic E-state index is 13.1. The van der Waals surface area contributed by atoms with Gasteiger partial charge in [-0.1, -0.05) is 18.2 Å². The van der Waals surface area contributed by atoms with Gasteiger partial charge in [-0.3, -0.25) is 4.79 Å². The Kier molecular flexibility index (Phi) is 7.06. The number of nitrogens with zero attached hydrogens (tertiary/aromatic N) is 3. The van der Waals surface area contributed by atoms with E-state index in [9.17, 15) is 14.0 Å². The third-order valence-electron chi connectivity index (χ3n) is 4.28. The Morgan fingerprint density at radius 3 is 2.77 bits per heavy atom. The molecule has 1 N–H and O–H groups in total. The number of halogens is 1. The normalized spacial score (nSPS) is 11.3. The fourth-order valence-electron chi connectivity index (χ4n) is 3.03. The summed E-state index contributed by atoms with van der Waals surface area (Å²) in [6, 6.07) is 9.57. The van der Waals surface area contributed by atoms with Crippen molar-refractivity contribution in [3.05, 3.63) is 77.2 Å². The van der Waals surface area contributed by atoms with E-state index in [1.165, 1.54) is 23.9 Å². The molecule has 31 heavy (non-hydrogen) atoms. The number of amides is 1. The van der Waals surface area contributed by atoms with Gasteiger partial charge >= 0.3 is 5.76 Å². The summed E-state index contributed by atoms with van der Waals surface area (Å²) in [5.41, 5.74) is 0.846. The Labute approximate surface area is 183 Å². The lowest BCUT2D eigenvalue weighted by molar-refractivity contribution is -0.123. The van der Waals surface area contributed by atoms with Crippen LogP contribution >= 0.6 is 11.8 Å². The molecule has 0 fully saturated rings. The molecule has 0 atom stereocenters. The summed E-state index contributed by atoms with van der Waals surface area (Å²) >= 11 is 1.44. The van der Waals surface area contributed by atoms with E-state index in [1.54, 1.807) is 36.5 Å². The smallest absolute Gasteiger partial charge is 0.387 e. The molecule has 2 aromatic heterocycles. The van der Waals surface area contributed by atoms with Crippen molar-refractivity contribution in [2.45, 2.75) is 37.4 Å². The molecule has 0 saturated heterocycles. The first kappa shape index (κ1) is 22.5. The highest BCUT2D eigenvalue weighted by atomic mass is 32.2. The fraction of sp³-hybridized carbons (Fsp3) is 0.273. The molecular formula is C22H23FN4O3S. The molecule has 3 aromatic rings. The van der Waals surface area contributed by atoms with Crippen molar-refractivity contribution in [1.82, 2.24) is 20.1 Å². The molecule has 0 saturated carbocycles. The molecule has 0 radical (unpaired) electrons. The van der Waals surface area contributed by atoms with Crippen molar-refractivity contribution in [2.24, 2.45) is 0 Å². The van der Waals surface area contributed by atoms with E-state index in [0.717, 1.165) is 10.2 Å². The van der Waals surface area contributed by atoms with Crippen LogP contribution < -0.4 is 11.1 Å². The number of carbonyl (C=O) groups excluding carboxylic acids is 1. The molecule has 0 aliphatic carbocycles. The number of pyridine rings is 1. The minimum atomic E-state index is -0.731. The Hall–Kier alpha value is -3.20. The fourth-order valence-corrected chi connectivity index (χ4v) is 3.75. The van der Waals surface area contributed by atoms with Crippen molar-refractivity contribution in [3.63, 3.8) is 0 Å². The molecule has 162 valence electrons. The van der Waals surface area contributed by atoms with Gasteiger partial charge in [0.05, 0.1) is 5.56 Å². The zero-order valence-corrected chi connectivity index (χ0v) is 18.1. The predicted molar refractivity (Wildman–Crippen MR) is 117 cm³/mol. The number of nitrogens with one attached hydrogen (secondary N) is 1. The average molecular weight is 443 g/mol. The summed E-state index contributed by atoms with van der Waals surface area (Å²) in [6.07, 6.45) is 3.88. The Morgan fingerprint density at radius 2 is 2.06 bits per heavy atom. The van der Waals surface area contributed by atoms with Gasteiger partial charge in [-0.15, -0.1) is 23.4 Å². The van der Waals surface area contributed by atoms with Gasteiger partial charge in [0.1, 0.15) is 17.4 Å². The van der Waals surface area contributed by atoms with Crippen LogP contribution in [-0.2, 0) is 17.8 Å². The molecule has 9 heteroatoms. The lowest BCUT2D eigenvalue weighted by Crippen LogP contribution is -2.47. The van der Waals surface area contributed by atoms with Gasteiger partial charge in [-0.25, -0.2) is 14.2 Å². The number of hydrogen-bond donors (Lipinski definition) is 1. The van der Waals surface area contributed by atoms with Gasteiger partial charge in [0.2, 0.25) is 5.91 Å². The van der Waals surface area contributed by atoms with Crippen molar-refractivity contribution >= 4 is 17.7 Å². The van der Waals surface area contributed by atoms with Crippen LogP contribution in [0.15, 0.2) is 69.5 Å². The predicted octanol–water partition coefficient (Wildman–Crippen LogP) is 3.45. The average Bonchev–Trinajstić information content (AvgIpc) is 3.07. The molecule has 1 aromatic carbocycles. The molecule has 0 aliphatic heterocycles. The highest BCUT2D eigenvalue weighted by Crippen LogP contribution is 2.27. The van der Waals surface area contributed by atoms with Crippen molar-refractivity contribution in [2.75, 3.05) is 5.75 Å². The van der Waals surface area contributed by atoms with E-state index >= 15 is 0 Å². The van der Waals surface area contributed by atoms with E-state index in [1.807, 2.05) is 13.8 Å². The molecule has 0 aliphatic rings. The first-order valence-corrected chi connectivity index (χ1v) is 10.6. The van der Waals surface area contributed by atoms with Gasteiger partial charge in [0.25, 0.3) is 5.89 Å². The largest absolute Gasteiger partial charge is 0.437 e. The van der Waals surface area contributed by atoms with Crippen molar-refractivity contribution in [1.29, 1.82) is 0 Å². The van der Waals surface area contributed by atoms with Crippen LogP contribution in [0, 0.1) is 5.82 Å². The minimum Gasteiger partial charge on any atom is -0.387 e. The Morgan fingerprint density at radius 1 is 1.32 bits per heavy atom. The van der Waals surface area contributed by atoms with E-state index in [2.05, 4.69) is 22.0 Å². The monoisotopic (exact) mass is 442 g/mol. The molecule has 3 rings (SSSR count). The van der Waals surface area contributed by atoms with E-state index < -0.39 is 11.3 Å². The summed E-state index contributed by atoms with van der Waals surface area (Å²) in [5.74, 6) is -0.693. The second-order valence-electron chi connectivity index (χ2n) is 7.52. The first-order chi connectivity index (χ1) is 14.8. The summed E-state index contributed by atoms with van der Waals surface area (Å²) in [7, 11) is 0. The van der Waals surface area contributed by atoms with Gasteiger partial charge in [-0.05, 0) is 50.1 Å². The molecule has 7 nitrogen and oxygen atoms in total. The summed E-state index contributed by atoms with van der Waals surface area (Å²) in [4.78, 5) is 29.1. The maximum Gasteiger partial charge on any atom is 0.437 e. The molecule has 0 unspecified atom stereocenters. The standard InChI is InChI=1S/C22H23FN4O3S/c1-4-12-31-20-17(6-5-11-24-20)19-26-27(21(29)30-19)14-18(28)25-22(2,3)13-15-7-9-16(23)10-8-15/h4-11H,1,12-14H2,2-3H3,(H,25,28). The molecule has 0 spiro atoms. The van der Waals surface area contributed by atoms with Crippen LogP contribution in [-0.4, -0.2) is 32.0 Å². The lowest BCUT2D eigenvalue weighted by atomic mass is 9.95. The zero-order chi connectivity index (χ0) is 22.4. The lowest BCUT2D eigenvalue weighted by Gasteiger charge is -2.26. The third-order valence-corrected chi connectivity index (χ3v) is 5.28. The van der Waals surface area contributed by atoms with Gasteiger partial charge in [-0.2, -0.15) is 4.68 Å². The topological polar surface area (TPSA) is 90.0 Å². The number of hydrogen-bond acceptors (Lipinski definition) is 6. The number of aromatic nitrogens is 3. The highest BCUT2D eigenvalue weighted by molar-refractivity contribution is 7.99. The second kappa shape index (κ2) is 9.74. The van der Waals surface area contributed by atoms with Crippen LogP contribution in [0.25, 0.3) is 11.5 Å². The van der Waals surface area contributed by atoms with Crippen LogP contribution in [0.1, 0.15) is 19.4 Å². The van der Waals surface area contributed by atoms with Crippen LogP contribution in [0.5, 0.6) is 0 Å². The number of thioether (sulfide) groups is 1. The summed E-state index contributed by atoms with van der Waals surface area (Å²) < 4.78 is 19.3.